The second-order valence-electron chi connectivity index (χ2n) is 3.64. The lowest BCUT2D eigenvalue weighted by Crippen LogP contribution is -2.54. The van der Waals surface area contributed by atoms with Crippen LogP contribution in [0.25, 0.3) is 0 Å². The first-order valence-corrected chi connectivity index (χ1v) is 4.56. The van der Waals surface area contributed by atoms with Gasteiger partial charge in [0, 0.05) is 23.5 Å². The summed E-state index contributed by atoms with van der Waals surface area (Å²) in [6, 6.07) is 8.09. The predicted molar refractivity (Wildman–Crippen MR) is 51.7 cm³/mol. The topological polar surface area (TPSA) is 12.0 Å². The average Bonchev–Trinajstić information content (AvgIpc) is 2.01. The van der Waals surface area contributed by atoms with E-state index in [1.54, 1.807) is 0 Å². The molecule has 1 N–H and O–H groups in total. The number of benzene rings is 1. The molecule has 1 heterocycles. The van der Waals surface area contributed by atoms with Crippen molar-refractivity contribution in [2.24, 2.45) is 0 Å². The summed E-state index contributed by atoms with van der Waals surface area (Å²) in [7, 11) is 0. The normalized spacial score (nSPS) is 20.2. The van der Waals surface area contributed by atoms with Crippen LogP contribution in [-0.2, 0) is 5.41 Å². The molecular weight excluding hydrogens is 170 g/mol. The van der Waals surface area contributed by atoms with Crippen molar-refractivity contribution < 1.29 is 0 Å². The van der Waals surface area contributed by atoms with E-state index in [4.69, 9.17) is 11.6 Å². The first-order chi connectivity index (χ1) is 5.72. The monoisotopic (exact) mass is 181 g/mol. The van der Waals surface area contributed by atoms with Crippen molar-refractivity contribution in [3.05, 3.63) is 34.9 Å². The molecule has 12 heavy (non-hydrogen) atoms. The lowest BCUT2D eigenvalue weighted by atomic mass is 9.77. The van der Waals surface area contributed by atoms with E-state index in [-0.39, 0.29) is 5.41 Å². The minimum atomic E-state index is 0.262. The summed E-state index contributed by atoms with van der Waals surface area (Å²) >= 11 is 6.09. The molecule has 0 aromatic heterocycles. The smallest absolute Gasteiger partial charge is 0.0444 e. The lowest BCUT2D eigenvalue weighted by Gasteiger charge is -2.40. The molecule has 0 unspecified atom stereocenters. The van der Waals surface area contributed by atoms with Crippen molar-refractivity contribution in [3.8, 4) is 0 Å². The molecule has 0 aliphatic carbocycles. The molecule has 0 spiro atoms. The fourth-order valence-corrected chi connectivity index (χ4v) is 2.00. The van der Waals surface area contributed by atoms with Crippen LogP contribution in [0.15, 0.2) is 24.3 Å². The van der Waals surface area contributed by atoms with Gasteiger partial charge in [-0.3, -0.25) is 0 Å². The maximum Gasteiger partial charge on any atom is 0.0444 e. The Morgan fingerprint density at radius 2 is 2.00 bits per heavy atom. The van der Waals surface area contributed by atoms with Gasteiger partial charge in [0.2, 0.25) is 0 Å². The van der Waals surface area contributed by atoms with Crippen molar-refractivity contribution in [2.75, 3.05) is 13.1 Å². The molecule has 64 valence electrons. The Labute approximate surface area is 77.7 Å². The van der Waals surface area contributed by atoms with Crippen LogP contribution in [-0.4, -0.2) is 13.1 Å². The third kappa shape index (κ3) is 1.13. The van der Waals surface area contributed by atoms with Gasteiger partial charge in [-0.15, -0.1) is 0 Å². The van der Waals surface area contributed by atoms with Crippen molar-refractivity contribution in [2.45, 2.75) is 12.3 Å². The highest BCUT2D eigenvalue weighted by Crippen LogP contribution is 2.32. The van der Waals surface area contributed by atoms with Crippen LogP contribution in [0.1, 0.15) is 12.5 Å². The summed E-state index contributed by atoms with van der Waals surface area (Å²) in [6.45, 7) is 4.32. The van der Waals surface area contributed by atoms with Crippen molar-refractivity contribution in [1.82, 2.24) is 5.32 Å². The van der Waals surface area contributed by atoms with Crippen LogP contribution >= 0.6 is 11.6 Å². The highest BCUT2D eigenvalue weighted by molar-refractivity contribution is 6.31. The quantitative estimate of drug-likeness (QED) is 0.701. The fraction of sp³-hybridized carbons (Fsp3) is 0.400. The minimum absolute atomic E-state index is 0.262. The van der Waals surface area contributed by atoms with E-state index >= 15 is 0 Å². The van der Waals surface area contributed by atoms with Crippen LogP contribution in [0.5, 0.6) is 0 Å². The van der Waals surface area contributed by atoms with E-state index in [1.165, 1.54) is 5.56 Å². The Kier molecular flexibility index (Phi) is 1.85. The van der Waals surface area contributed by atoms with Crippen molar-refractivity contribution in [1.29, 1.82) is 0 Å². The average molecular weight is 182 g/mol. The van der Waals surface area contributed by atoms with Gasteiger partial charge in [0.05, 0.1) is 0 Å². The zero-order chi connectivity index (χ0) is 8.60. The van der Waals surface area contributed by atoms with Gasteiger partial charge in [0.25, 0.3) is 0 Å². The molecule has 0 atom stereocenters. The van der Waals surface area contributed by atoms with Crippen LogP contribution < -0.4 is 5.32 Å². The van der Waals surface area contributed by atoms with Gasteiger partial charge < -0.3 is 5.32 Å². The Hall–Kier alpha value is -0.530. The fourth-order valence-electron chi connectivity index (χ4n) is 1.64. The summed E-state index contributed by atoms with van der Waals surface area (Å²) in [6.07, 6.45) is 0. The number of halogens is 1. The van der Waals surface area contributed by atoms with Gasteiger partial charge in [-0.25, -0.2) is 0 Å². The number of rotatable bonds is 1. The van der Waals surface area contributed by atoms with Gasteiger partial charge >= 0.3 is 0 Å². The van der Waals surface area contributed by atoms with Gasteiger partial charge in [0.1, 0.15) is 0 Å². The van der Waals surface area contributed by atoms with Crippen LogP contribution in [0.2, 0.25) is 5.02 Å². The Bertz CT molecular complexity index is 292. The second kappa shape index (κ2) is 2.75. The molecule has 0 radical (unpaired) electrons. The summed E-state index contributed by atoms with van der Waals surface area (Å²) < 4.78 is 0. The molecule has 1 aliphatic rings. The van der Waals surface area contributed by atoms with Crippen LogP contribution in [0.4, 0.5) is 0 Å². The maximum absolute atomic E-state index is 6.09. The Balaban J connectivity index is 2.39. The number of nitrogens with one attached hydrogen (secondary N) is 1. The van der Waals surface area contributed by atoms with Gasteiger partial charge in [-0.2, -0.15) is 0 Å². The van der Waals surface area contributed by atoms with Gasteiger partial charge in [-0.05, 0) is 11.6 Å². The second-order valence-corrected chi connectivity index (χ2v) is 4.05. The first-order valence-electron chi connectivity index (χ1n) is 4.18. The van der Waals surface area contributed by atoms with E-state index < -0.39 is 0 Å². The molecule has 1 saturated heterocycles. The van der Waals surface area contributed by atoms with Crippen LogP contribution in [0, 0.1) is 0 Å². The molecule has 1 fully saturated rings. The summed E-state index contributed by atoms with van der Waals surface area (Å²) in [5.74, 6) is 0. The molecule has 0 amide bonds. The lowest BCUT2D eigenvalue weighted by molar-refractivity contribution is 0.306. The van der Waals surface area contributed by atoms with Crippen molar-refractivity contribution in [3.63, 3.8) is 0 Å². The zero-order valence-electron chi connectivity index (χ0n) is 7.10. The van der Waals surface area contributed by atoms with E-state index in [2.05, 4.69) is 18.3 Å². The zero-order valence-corrected chi connectivity index (χ0v) is 7.86. The molecule has 0 saturated carbocycles. The molecular formula is C10H12ClN. The van der Waals surface area contributed by atoms with E-state index in [9.17, 15) is 0 Å². The first kappa shape index (κ1) is 8.09. The largest absolute Gasteiger partial charge is 0.315 e. The molecule has 1 nitrogen and oxygen atoms in total. The predicted octanol–water partition coefficient (Wildman–Crippen LogP) is 2.20. The van der Waals surface area contributed by atoms with E-state index in [0.29, 0.717) is 0 Å². The van der Waals surface area contributed by atoms with E-state index in [0.717, 1.165) is 18.1 Å². The SMILES string of the molecule is CC1(c2ccccc2Cl)CNC1. The Morgan fingerprint density at radius 3 is 2.50 bits per heavy atom. The van der Waals surface area contributed by atoms with Gasteiger partial charge in [0.15, 0.2) is 0 Å². The summed E-state index contributed by atoms with van der Waals surface area (Å²) in [4.78, 5) is 0. The highest BCUT2D eigenvalue weighted by atomic mass is 35.5. The standard InChI is InChI=1S/C10H12ClN/c1-10(6-12-7-10)8-4-2-3-5-9(8)11/h2-5,12H,6-7H2,1H3. The molecule has 2 heteroatoms. The number of hydrogen-bond acceptors (Lipinski definition) is 1. The number of hydrogen-bond donors (Lipinski definition) is 1. The summed E-state index contributed by atoms with van der Waals surface area (Å²) in [5, 5.41) is 4.16. The molecule has 1 aliphatic heterocycles. The highest BCUT2D eigenvalue weighted by Gasteiger charge is 2.34. The third-order valence-electron chi connectivity index (χ3n) is 2.55. The maximum atomic E-state index is 6.09. The minimum Gasteiger partial charge on any atom is -0.315 e. The third-order valence-corrected chi connectivity index (χ3v) is 2.88. The summed E-state index contributed by atoms with van der Waals surface area (Å²) in [5.41, 5.74) is 1.53. The van der Waals surface area contributed by atoms with Crippen LogP contribution in [0.3, 0.4) is 0 Å². The molecule has 1 aromatic carbocycles. The Morgan fingerprint density at radius 1 is 1.33 bits per heavy atom. The van der Waals surface area contributed by atoms with Crippen molar-refractivity contribution >= 4 is 11.6 Å². The van der Waals surface area contributed by atoms with E-state index in [1.807, 2.05) is 18.2 Å². The molecule has 0 bridgehead atoms. The molecule has 1 aromatic rings. The van der Waals surface area contributed by atoms with Gasteiger partial charge in [-0.1, -0.05) is 36.7 Å². The molecule has 2 rings (SSSR count).